The zero-order valence-electron chi connectivity index (χ0n) is 21.6. The van der Waals surface area contributed by atoms with Crippen LogP contribution in [0.1, 0.15) is 45.8 Å². The zero-order chi connectivity index (χ0) is 26.5. The molecule has 0 bridgehead atoms. The summed E-state index contributed by atoms with van der Waals surface area (Å²) >= 11 is 0. The lowest BCUT2D eigenvalue weighted by atomic mass is 10.1. The van der Waals surface area contributed by atoms with Crippen LogP contribution in [0, 0.1) is 5.82 Å². The van der Waals surface area contributed by atoms with Crippen molar-refractivity contribution < 1.29 is 18.7 Å². The highest BCUT2D eigenvalue weighted by atomic mass is 19.1. The van der Waals surface area contributed by atoms with Crippen molar-refractivity contribution in [3.05, 3.63) is 95.3 Å². The van der Waals surface area contributed by atoms with Gasteiger partial charge in [-0.2, -0.15) is 0 Å². The first kappa shape index (κ1) is 25.7. The van der Waals surface area contributed by atoms with E-state index in [1.165, 1.54) is 6.07 Å². The predicted octanol–water partition coefficient (Wildman–Crippen LogP) is 4.78. The number of halogens is 1. The third-order valence-corrected chi connectivity index (χ3v) is 7.12. The third kappa shape index (κ3) is 5.36. The molecule has 7 nitrogen and oxygen atoms in total. The number of carbonyl (C=O) groups is 2. The predicted molar refractivity (Wildman–Crippen MR) is 146 cm³/mol. The first-order chi connectivity index (χ1) is 18.6. The van der Waals surface area contributed by atoms with Gasteiger partial charge in [0.1, 0.15) is 12.0 Å². The van der Waals surface area contributed by atoms with Crippen LogP contribution >= 0.6 is 0 Å². The quantitative estimate of drug-likeness (QED) is 0.415. The summed E-state index contributed by atoms with van der Waals surface area (Å²) < 4.78 is 19.7. The van der Waals surface area contributed by atoms with Gasteiger partial charge in [0.2, 0.25) is 0 Å². The van der Waals surface area contributed by atoms with Crippen LogP contribution in [-0.4, -0.2) is 67.6 Å². The van der Waals surface area contributed by atoms with Crippen LogP contribution in [0.3, 0.4) is 0 Å². The topological polar surface area (TPSA) is 65.1 Å². The van der Waals surface area contributed by atoms with Gasteiger partial charge in [0.05, 0.1) is 5.69 Å². The molecule has 2 amide bonds. The lowest BCUT2D eigenvalue weighted by molar-refractivity contribution is 0.0706. The van der Waals surface area contributed by atoms with Crippen molar-refractivity contribution >= 4 is 23.2 Å². The number of piperazine rings is 1. The number of carbonyl (C=O) groups excluding carboxylic acids is 2. The van der Waals surface area contributed by atoms with Crippen LogP contribution < -0.4 is 10.2 Å². The van der Waals surface area contributed by atoms with Crippen LogP contribution in [0.4, 0.5) is 15.8 Å². The Kier molecular flexibility index (Phi) is 7.89. The number of benzene rings is 3. The van der Waals surface area contributed by atoms with E-state index in [4.69, 9.17) is 4.74 Å². The first-order valence-electron chi connectivity index (χ1n) is 13.2. The molecule has 2 aliphatic rings. The average Bonchev–Trinajstić information content (AvgIpc) is 3.21. The molecule has 198 valence electrons. The van der Waals surface area contributed by atoms with Crippen molar-refractivity contribution in [2.45, 2.75) is 19.5 Å². The van der Waals surface area contributed by atoms with Crippen molar-refractivity contribution in [1.82, 2.24) is 9.80 Å². The van der Waals surface area contributed by atoms with Crippen molar-refractivity contribution in [3.8, 4) is 0 Å². The lowest BCUT2D eigenvalue weighted by Gasteiger charge is -2.36. The Bertz CT molecular complexity index is 1290. The van der Waals surface area contributed by atoms with Gasteiger partial charge in [-0.3, -0.25) is 9.59 Å². The molecule has 0 saturated carbocycles. The van der Waals surface area contributed by atoms with Crippen molar-refractivity contribution in [3.63, 3.8) is 0 Å². The number of fused-ring (bicyclic) bond motifs is 1. The minimum Gasteiger partial charge on any atom is -0.382 e. The van der Waals surface area contributed by atoms with Gasteiger partial charge in [0.25, 0.3) is 11.8 Å². The number of nitrogens with zero attached hydrogens (tertiary/aromatic N) is 3. The fourth-order valence-electron chi connectivity index (χ4n) is 5.18. The summed E-state index contributed by atoms with van der Waals surface area (Å²) in [6.07, 6.45) is 0.415. The number of anilines is 2. The van der Waals surface area contributed by atoms with Crippen LogP contribution in [-0.2, 0) is 4.74 Å². The van der Waals surface area contributed by atoms with Crippen LogP contribution in [0.15, 0.2) is 72.8 Å². The van der Waals surface area contributed by atoms with Gasteiger partial charge in [0.15, 0.2) is 0 Å². The van der Waals surface area contributed by atoms with Gasteiger partial charge in [-0.05, 0) is 49.7 Å². The molecule has 2 heterocycles. The standard InChI is InChI=1S/C30H33FN4O3/c1-2-38-20-8-15-35-28(24-11-3-4-12-25(24)30(35)37)32-23-10-7-9-22(21-23)29(36)34-18-16-33(17-19-34)27-14-6-5-13-26(27)31/h3-7,9-14,21,28,32H,2,8,15-20H2,1H3. The molecule has 8 heteroatoms. The van der Waals surface area contributed by atoms with E-state index < -0.39 is 0 Å². The van der Waals surface area contributed by atoms with Gasteiger partial charge < -0.3 is 24.8 Å². The fourth-order valence-corrected chi connectivity index (χ4v) is 5.18. The Labute approximate surface area is 222 Å². The maximum atomic E-state index is 14.2. The third-order valence-electron chi connectivity index (χ3n) is 7.12. The highest BCUT2D eigenvalue weighted by Crippen LogP contribution is 2.34. The van der Waals surface area contributed by atoms with E-state index in [-0.39, 0.29) is 23.8 Å². The molecule has 38 heavy (non-hydrogen) atoms. The monoisotopic (exact) mass is 516 g/mol. The van der Waals surface area contributed by atoms with Gasteiger partial charge >= 0.3 is 0 Å². The van der Waals surface area contributed by atoms with E-state index in [9.17, 15) is 14.0 Å². The summed E-state index contributed by atoms with van der Waals surface area (Å²) in [7, 11) is 0. The molecule has 0 aromatic heterocycles. The summed E-state index contributed by atoms with van der Waals surface area (Å²) in [5, 5.41) is 3.50. The maximum absolute atomic E-state index is 14.2. The fraction of sp³-hybridized carbons (Fsp3) is 0.333. The Morgan fingerprint density at radius 3 is 2.55 bits per heavy atom. The molecule has 1 saturated heterocycles. The molecule has 1 atom stereocenters. The largest absolute Gasteiger partial charge is 0.382 e. The molecule has 1 fully saturated rings. The minimum atomic E-state index is -0.324. The summed E-state index contributed by atoms with van der Waals surface area (Å²) in [4.78, 5) is 32.1. The molecule has 2 aliphatic heterocycles. The second-order valence-electron chi connectivity index (χ2n) is 9.49. The molecule has 3 aromatic rings. The highest BCUT2D eigenvalue weighted by Gasteiger charge is 2.36. The second-order valence-corrected chi connectivity index (χ2v) is 9.49. The van der Waals surface area contributed by atoms with Gasteiger partial charge in [-0.25, -0.2) is 4.39 Å². The molecular formula is C30H33FN4O3. The molecule has 3 aromatic carbocycles. The molecule has 0 spiro atoms. The molecule has 1 unspecified atom stereocenters. The smallest absolute Gasteiger partial charge is 0.256 e. The summed E-state index contributed by atoms with van der Waals surface area (Å²) in [6.45, 7) is 5.94. The number of nitrogens with one attached hydrogen (secondary N) is 1. The number of amides is 2. The number of ether oxygens (including phenoxy) is 1. The number of para-hydroxylation sites is 1. The summed E-state index contributed by atoms with van der Waals surface area (Å²) in [5.74, 6) is -0.308. The Morgan fingerprint density at radius 1 is 1.00 bits per heavy atom. The van der Waals surface area contributed by atoms with Gasteiger partial charge in [-0.1, -0.05) is 36.4 Å². The Balaban J connectivity index is 1.27. The zero-order valence-corrected chi connectivity index (χ0v) is 21.6. The molecule has 0 aliphatic carbocycles. The van der Waals surface area contributed by atoms with Crippen molar-refractivity contribution in [2.75, 3.05) is 56.2 Å². The van der Waals surface area contributed by atoms with E-state index in [0.29, 0.717) is 62.8 Å². The Hall–Kier alpha value is -3.91. The highest BCUT2D eigenvalue weighted by molar-refractivity contribution is 5.99. The molecule has 1 N–H and O–H groups in total. The number of rotatable bonds is 9. The van der Waals surface area contributed by atoms with Crippen LogP contribution in [0.2, 0.25) is 0 Å². The minimum absolute atomic E-state index is 0.00504. The first-order valence-corrected chi connectivity index (χ1v) is 13.2. The molecule has 5 rings (SSSR count). The SMILES string of the molecule is CCOCCCN1C(=O)c2ccccc2C1Nc1cccc(C(=O)N2CCN(c3ccccc3F)CC2)c1. The van der Waals surface area contributed by atoms with E-state index >= 15 is 0 Å². The van der Waals surface area contributed by atoms with Crippen LogP contribution in [0.5, 0.6) is 0 Å². The molecular weight excluding hydrogens is 483 g/mol. The van der Waals surface area contributed by atoms with Crippen molar-refractivity contribution in [2.24, 2.45) is 0 Å². The van der Waals surface area contributed by atoms with E-state index in [2.05, 4.69) is 5.32 Å². The normalized spacial score (nSPS) is 17.1. The molecule has 0 radical (unpaired) electrons. The van der Waals surface area contributed by atoms with E-state index in [0.717, 1.165) is 17.7 Å². The second kappa shape index (κ2) is 11.6. The van der Waals surface area contributed by atoms with Crippen LogP contribution in [0.25, 0.3) is 0 Å². The van der Waals surface area contributed by atoms with E-state index in [1.54, 1.807) is 12.1 Å². The summed E-state index contributed by atoms with van der Waals surface area (Å²) in [5.41, 5.74) is 3.54. The Morgan fingerprint density at radius 2 is 1.76 bits per heavy atom. The summed E-state index contributed by atoms with van der Waals surface area (Å²) in [6, 6.07) is 21.8. The van der Waals surface area contributed by atoms with Gasteiger partial charge in [-0.15, -0.1) is 0 Å². The lowest BCUT2D eigenvalue weighted by Crippen LogP contribution is -2.49. The average molecular weight is 517 g/mol. The van der Waals surface area contributed by atoms with Gasteiger partial charge in [0, 0.05) is 68.3 Å². The van der Waals surface area contributed by atoms with E-state index in [1.807, 2.05) is 76.2 Å². The maximum Gasteiger partial charge on any atom is 0.256 e. The number of hydrogen-bond acceptors (Lipinski definition) is 5. The van der Waals surface area contributed by atoms with Crippen molar-refractivity contribution in [1.29, 1.82) is 0 Å². The number of hydrogen-bond donors (Lipinski definition) is 1.